The van der Waals surface area contributed by atoms with E-state index in [9.17, 15) is 18.3 Å². The van der Waals surface area contributed by atoms with E-state index in [1.165, 1.54) is 24.4 Å². The summed E-state index contributed by atoms with van der Waals surface area (Å²) in [6.07, 6.45) is -5.30. The van der Waals surface area contributed by atoms with E-state index in [2.05, 4.69) is 15.1 Å². The third kappa shape index (κ3) is 5.31. The lowest BCUT2D eigenvalue weighted by Crippen LogP contribution is -2.32. The number of aliphatic hydroxyl groups excluding tert-OH is 1. The molecule has 0 aliphatic carbocycles. The summed E-state index contributed by atoms with van der Waals surface area (Å²) in [7, 11) is 0. The van der Waals surface area contributed by atoms with Crippen LogP contribution in [0.25, 0.3) is 10.8 Å². The third-order valence-corrected chi connectivity index (χ3v) is 5.74. The van der Waals surface area contributed by atoms with Gasteiger partial charge in [0, 0.05) is 18.8 Å². The van der Waals surface area contributed by atoms with Gasteiger partial charge >= 0.3 is 6.18 Å². The van der Waals surface area contributed by atoms with Crippen LogP contribution in [0, 0.1) is 0 Å². The predicted octanol–water partition coefficient (Wildman–Crippen LogP) is 5.46. The molecule has 4 rings (SSSR count). The molecule has 1 aliphatic heterocycles. The van der Waals surface area contributed by atoms with Gasteiger partial charge in [-0.3, -0.25) is 0 Å². The molecule has 2 aromatic heterocycles. The van der Waals surface area contributed by atoms with Crippen LogP contribution in [0.2, 0.25) is 10.2 Å². The molecule has 8 nitrogen and oxygen atoms in total. The number of nitrogens with zero attached hydrogens (tertiary/aromatic N) is 5. The molecule has 0 fully saturated rings. The van der Waals surface area contributed by atoms with E-state index in [4.69, 9.17) is 32.7 Å². The van der Waals surface area contributed by atoms with Crippen LogP contribution in [-0.4, -0.2) is 57.9 Å². The number of rotatable bonds is 7. The number of fused-ring (bicyclic) bond motifs is 1. The standard InChI is InChI=1S/C22H20Cl2F3N5O3/c1-3-31-11-32(30-18(31)10-33)14-8-13-6-7-28-21(35-20-15(23)4-5-17(24)29-20)19(13)16(9-14)34-12(2)22(25,26)27/h4-9,12,33H,3,10-11H2,1-2H3. The maximum Gasteiger partial charge on any atom is 0.425 e. The molecule has 0 saturated carbocycles. The maximum atomic E-state index is 13.4. The van der Waals surface area contributed by atoms with E-state index in [0.717, 1.165) is 6.92 Å². The van der Waals surface area contributed by atoms with E-state index < -0.39 is 12.3 Å². The summed E-state index contributed by atoms with van der Waals surface area (Å²) in [5.41, 5.74) is 0.458. The molecule has 1 aromatic carbocycles. The molecule has 1 N–H and O–H groups in total. The van der Waals surface area contributed by atoms with Crippen LogP contribution in [0.4, 0.5) is 18.9 Å². The summed E-state index contributed by atoms with van der Waals surface area (Å²) in [5, 5.41) is 16.4. The smallest absolute Gasteiger partial charge is 0.425 e. The molecule has 186 valence electrons. The zero-order valence-corrected chi connectivity index (χ0v) is 20.1. The fourth-order valence-corrected chi connectivity index (χ4v) is 3.69. The van der Waals surface area contributed by atoms with Gasteiger partial charge in [0.25, 0.3) is 0 Å². The van der Waals surface area contributed by atoms with Crippen LogP contribution in [0.5, 0.6) is 17.5 Å². The van der Waals surface area contributed by atoms with Crippen LogP contribution >= 0.6 is 23.2 Å². The Hall–Kier alpha value is -3.02. The second-order valence-corrected chi connectivity index (χ2v) is 8.35. The van der Waals surface area contributed by atoms with Crippen molar-refractivity contribution < 1.29 is 27.8 Å². The van der Waals surface area contributed by atoms with E-state index in [-0.39, 0.29) is 39.7 Å². The van der Waals surface area contributed by atoms with Gasteiger partial charge in [-0.15, -0.1) is 0 Å². The summed E-state index contributed by atoms with van der Waals surface area (Å²) < 4.78 is 51.3. The van der Waals surface area contributed by atoms with Crippen molar-refractivity contribution in [2.24, 2.45) is 5.10 Å². The molecular weight excluding hydrogens is 510 g/mol. The van der Waals surface area contributed by atoms with Crippen LogP contribution < -0.4 is 14.5 Å². The second kappa shape index (κ2) is 9.92. The summed E-state index contributed by atoms with van der Waals surface area (Å²) in [4.78, 5) is 10.0. The predicted molar refractivity (Wildman–Crippen MR) is 126 cm³/mol. The zero-order chi connectivity index (χ0) is 25.3. The molecule has 0 spiro atoms. The van der Waals surface area contributed by atoms with Crippen molar-refractivity contribution in [3.63, 3.8) is 0 Å². The van der Waals surface area contributed by atoms with Gasteiger partial charge in [-0.2, -0.15) is 23.3 Å². The first-order chi connectivity index (χ1) is 16.6. The van der Waals surface area contributed by atoms with Gasteiger partial charge in [0.05, 0.1) is 11.1 Å². The lowest BCUT2D eigenvalue weighted by molar-refractivity contribution is -0.189. The molecule has 0 bridgehead atoms. The van der Waals surface area contributed by atoms with E-state index in [1.807, 2.05) is 11.8 Å². The topological polar surface area (TPSA) is 83.3 Å². The first-order valence-corrected chi connectivity index (χ1v) is 11.2. The van der Waals surface area contributed by atoms with Crippen molar-refractivity contribution in [3.05, 3.63) is 46.7 Å². The molecule has 3 aromatic rings. The summed E-state index contributed by atoms with van der Waals surface area (Å²) in [5.74, 6) is 0.193. The number of aromatic nitrogens is 2. The molecule has 1 atom stereocenters. The highest BCUT2D eigenvalue weighted by Gasteiger charge is 2.38. The second-order valence-electron chi connectivity index (χ2n) is 7.55. The van der Waals surface area contributed by atoms with Crippen LogP contribution in [0.3, 0.4) is 0 Å². The Morgan fingerprint density at radius 3 is 2.60 bits per heavy atom. The monoisotopic (exact) mass is 529 g/mol. The van der Waals surface area contributed by atoms with Crippen molar-refractivity contribution in [2.45, 2.75) is 26.1 Å². The van der Waals surface area contributed by atoms with Crippen LogP contribution in [-0.2, 0) is 0 Å². The van der Waals surface area contributed by atoms with Crippen molar-refractivity contribution in [1.29, 1.82) is 0 Å². The number of amidine groups is 1. The van der Waals surface area contributed by atoms with E-state index in [1.54, 1.807) is 17.1 Å². The van der Waals surface area contributed by atoms with Gasteiger partial charge in [0.1, 0.15) is 29.2 Å². The highest BCUT2D eigenvalue weighted by atomic mass is 35.5. The van der Waals surface area contributed by atoms with Crippen LogP contribution in [0.15, 0.2) is 41.6 Å². The van der Waals surface area contributed by atoms with Gasteiger partial charge in [-0.1, -0.05) is 23.2 Å². The van der Waals surface area contributed by atoms with Crippen molar-refractivity contribution in [2.75, 3.05) is 24.8 Å². The molecule has 0 radical (unpaired) electrons. The molecule has 1 unspecified atom stereocenters. The summed E-state index contributed by atoms with van der Waals surface area (Å²) in [6.45, 7) is 3.43. The third-order valence-electron chi connectivity index (χ3n) is 5.24. The Kier molecular flexibility index (Phi) is 7.11. The molecular formula is C22H20Cl2F3N5O3. The highest BCUT2D eigenvalue weighted by molar-refractivity contribution is 6.33. The normalized spacial score (nSPS) is 14.9. The van der Waals surface area contributed by atoms with E-state index >= 15 is 0 Å². The molecule has 0 amide bonds. The lowest BCUT2D eigenvalue weighted by Gasteiger charge is -2.23. The van der Waals surface area contributed by atoms with Gasteiger partial charge in [-0.05, 0) is 43.5 Å². The molecule has 13 heteroatoms. The van der Waals surface area contributed by atoms with Gasteiger partial charge < -0.3 is 19.5 Å². The highest BCUT2D eigenvalue weighted by Crippen LogP contribution is 2.41. The zero-order valence-electron chi connectivity index (χ0n) is 18.6. The maximum absolute atomic E-state index is 13.4. The average molecular weight is 530 g/mol. The number of anilines is 1. The lowest BCUT2D eigenvalue weighted by atomic mass is 10.1. The molecule has 3 heterocycles. The molecule has 35 heavy (non-hydrogen) atoms. The van der Waals surface area contributed by atoms with Gasteiger partial charge in [-0.25, -0.2) is 9.99 Å². The van der Waals surface area contributed by atoms with E-state index in [0.29, 0.717) is 30.1 Å². The Morgan fingerprint density at radius 2 is 1.94 bits per heavy atom. The summed E-state index contributed by atoms with van der Waals surface area (Å²) in [6, 6.07) is 7.68. The minimum atomic E-state index is -4.61. The van der Waals surface area contributed by atoms with Gasteiger partial charge in [0.2, 0.25) is 11.8 Å². The number of pyridine rings is 2. The number of alkyl halides is 3. The number of ether oxygens (including phenoxy) is 2. The number of likely N-dealkylation sites (N-methyl/N-ethyl adjacent to an activating group) is 1. The minimum absolute atomic E-state index is 0.0617. The first-order valence-electron chi connectivity index (χ1n) is 10.5. The number of benzene rings is 1. The Morgan fingerprint density at radius 1 is 1.17 bits per heavy atom. The number of hydrazone groups is 1. The number of halogens is 5. The largest absolute Gasteiger partial charge is 0.480 e. The van der Waals surface area contributed by atoms with Crippen molar-refractivity contribution >= 4 is 45.5 Å². The molecule has 1 aliphatic rings. The fraction of sp³-hybridized carbons (Fsp3) is 0.318. The number of aliphatic hydroxyl groups is 1. The van der Waals surface area contributed by atoms with Crippen LogP contribution in [0.1, 0.15) is 13.8 Å². The average Bonchev–Trinajstić information content (AvgIpc) is 3.24. The fourth-order valence-electron chi connectivity index (χ4n) is 3.40. The molecule has 0 saturated heterocycles. The Balaban J connectivity index is 1.84. The number of hydrogen-bond acceptors (Lipinski definition) is 8. The minimum Gasteiger partial charge on any atom is -0.480 e. The van der Waals surface area contributed by atoms with Gasteiger partial charge in [0.15, 0.2) is 11.9 Å². The number of hydrogen-bond donors (Lipinski definition) is 1. The quantitative estimate of drug-likeness (QED) is 0.406. The van der Waals surface area contributed by atoms with Crippen molar-refractivity contribution in [1.82, 2.24) is 14.9 Å². The Labute approximate surface area is 208 Å². The SMILES string of the molecule is CCN1CN(c2cc(OC(C)C(F)(F)F)c3c(Oc4nc(Cl)ccc4Cl)nccc3c2)N=C1CO. The Bertz CT molecular complexity index is 1280. The first kappa shape index (κ1) is 25.1. The summed E-state index contributed by atoms with van der Waals surface area (Å²) >= 11 is 12.1. The van der Waals surface area contributed by atoms with Crippen molar-refractivity contribution in [3.8, 4) is 17.5 Å².